The zero-order chi connectivity index (χ0) is 7.68. The molecule has 0 spiro atoms. The third-order valence-electron chi connectivity index (χ3n) is 1.91. The number of aromatic nitrogens is 2. The monoisotopic (exact) mass is 280 g/mol. The SMILES string of the molecule is Ic1nsc(CCC2CC2)n1. The van der Waals surface area contributed by atoms with Gasteiger partial charge in [0, 0.05) is 29.0 Å². The summed E-state index contributed by atoms with van der Waals surface area (Å²) in [5.41, 5.74) is 0. The van der Waals surface area contributed by atoms with Gasteiger partial charge in [-0.05, 0) is 23.9 Å². The Kier molecular flexibility index (Phi) is 2.41. The smallest absolute Gasteiger partial charge is 0.203 e. The molecule has 0 aliphatic heterocycles. The van der Waals surface area contributed by atoms with Crippen molar-refractivity contribution in [1.82, 2.24) is 9.36 Å². The van der Waals surface area contributed by atoms with Crippen LogP contribution in [0.15, 0.2) is 0 Å². The van der Waals surface area contributed by atoms with Gasteiger partial charge in [0.2, 0.25) is 3.83 Å². The molecule has 0 bridgehead atoms. The number of aryl methyl sites for hydroxylation is 1. The topological polar surface area (TPSA) is 25.8 Å². The summed E-state index contributed by atoms with van der Waals surface area (Å²) in [5.74, 6) is 1.01. The maximum absolute atomic E-state index is 4.30. The van der Waals surface area contributed by atoms with Gasteiger partial charge >= 0.3 is 0 Å². The van der Waals surface area contributed by atoms with Crippen molar-refractivity contribution in [1.29, 1.82) is 0 Å². The normalized spacial score (nSPS) is 17.2. The summed E-state index contributed by atoms with van der Waals surface area (Å²) in [6.45, 7) is 0. The summed E-state index contributed by atoms with van der Waals surface area (Å²) >= 11 is 3.71. The highest BCUT2D eigenvalue weighted by atomic mass is 127. The zero-order valence-corrected chi connectivity index (χ0v) is 9.06. The van der Waals surface area contributed by atoms with Crippen LogP contribution < -0.4 is 0 Å². The lowest BCUT2D eigenvalue weighted by Crippen LogP contribution is -1.85. The molecule has 0 atom stereocenters. The molecule has 0 amide bonds. The van der Waals surface area contributed by atoms with Crippen LogP contribution in [0.4, 0.5) is 0 Å². The van der Waals surface area contributed by atoms with E-state index in [0.29, 0.717) is 0 Å². The minimum Gasteiger partial charge on any atom is -0.215 e. The molecule has 60 valence electrons. The molecule has 1 aliphatic rings. The fourth-order valence-electron chi connectivity index (χ4n) is 1.07. The maximum Gasteiger partial charge on any atom is 0.203 e. The number of hydrogen-bond donors (Lipinski definition) is 0. The molecule has 1 fully saturated rings. The molecular formula is C7H9IN2S. The van der Waals surface area contributed by atoms with Crippen molar-refractivity contribution in [3.63, 3.8) is 0 Å². The van der Waals surface area contributed by atoms with Crippen molar-refractivity contribution in [2.75, 3.05) is 0 Å². The zero-order valence-electron chi connectivity index (χ0n) is 6.09. The first-order valence-corrected chi connectivity index (χ1v) is 5.68. The summed E-state index contributed by atoms with van der Waals surface area (Å²) in [4.78, 5) is 4.30. The van der Waals surface area contributed by atoms with Crippen LogP contribution >= 0.6 is 34.1 Å². The van der Waals surface area contributed by atoms with E-state index in [-0.39, 0.29) is 0 Å². The van der Waals surface area contributed by atoms with Crippen molar-refractivity contribution < 1.29 is 0 Å². The molecule has 4 heteroatoms. The molecule has 0 unspecified atom stereocenters. The van der Waals surface area contributed by atoms with Crippen LogP contribution in [-0.4, -0.2) is 9.36 Å². The van der Waals surface area contributed by atoms with Crippen LogP contribution in [0, 0.1) is 9.75 Å². The Morgan fingerprint density at radius 2 is 2.36 bits per heavy atom. The van der Waals surface area contributed by atoms with E-state index in [2.05, 4.69) is 31.9 Å². The Balaban J connectivity index is 1.85. The van der Waals surface area contributed by atoms with Crippen LogP contribution in [0.2, 0.25) is 0 Å². The quantitative estimate of drug-likeness (QED) is 0.795. The van der Waals surface area contributed by atoms with Gasteiger partial charge in [-0.1, -0.05) is 12.8 Å². The summed E-state index contributed by atoms with van der Waals surface area (Å²) < 4.78 is 5.03. The summed E-state index contributed by atoms with van der Waals surface area (Å²) in [7, 11) is 0. The Morgan fingerprint density at radius 3 is 2.91 bits per heavy atom. The largest absolute Gasteiger partial charge is 0.215 e. The van der Waals surface area contributed by atoms with E-state index in [1.54, 1.807) is 11.5 Å². The highest BCUT2D eigenvalue weighted by Gasteiger charge is 2.21. The second-order valence-electron chi connectivity index (χ2n) is 2.94. The summed E-state index contributed by atoms with van der Waals surface area (Å²) in [6.07, 6.45) is 5.35. The van der Waals surface area contributed by atoms with Crippen LogP contribution in [0.1, 0.15) is 24.3 Å². The third-order valence-corrected chi connectivity index (χ3v) is 3.49. The highest BCUT2D eigenvalue weighted by molar-refractivity contribution is 14.1. The predicted molar refractivity (Wildman–Crippen MR) is 53.7 cm³/mol. The molecule has 0 radical (unpaired) electrons. The second kappa shape index (κ2) is 3.35. The molecule has 2 nitrogen and oxygen atoms in total. The van der Waals surface area contributed by atoms with E-state index in [0.717, 1.165) is 16.2 Å². The minimum absolute atomic E-state index is 0.901. The fraction of sp³-hybridized carbons (Fsp3) is 0.714. The molecular weight excluding hydrogens is 271 g/mol. The molecule has 1 heterocycles. The first-order valence-electron chi connectivity index (χ1n) is 3.82. The van der Waals surface area contributed by atoms with Crippen molar-refractivity contribution >= 4 is 34.1 Å². The van der Waals surface area contributed by atoms with Crippen LogP contribution in [0.5, 0.6) is 0 Å². The third kappa shape index (κ3) is 2.37. The molecule has 1 aromatic rings. The van der Waals surface area contributed by atoms with Gasteiger partial charge in [0.25, 0.3) is 0 Å². The molecule has 1 saturated carbocycles. The van der Waals surface area contributed by atoms with Crippen molar-refractivity contribution in [2.45, 2.75) is 25.7 Å². The summed E-state index contributed by atoms with van der Waals surface area (Å²) in [6, 6.07) is 0. The van der Waals surface area contributed by atoms with Crippen molar-refractivity contribution in [3.05, 3.63) is 8.84 Å². The molecule has 2 rings (SSSR count). The van der Waals surface area contributed by atoms with Gasteiger partial charge in [0.05, 0.1) is 0 Å². The van der Waals surface area contributed by atoms with Gasteiger partial charge < -0.3 is 0 Å². The van der Waals surface area contributed by atoms with E-state index >= 15 is 0 Å². The highest BCUT2D eigenvalue weighted by Crippen LogP contribution is 2.33. The van der Waals surface area contributed by atoms with Gasteiger partial charge in [-0.2, -0.15) is 4.37 Å². The lowest BCUT2D eigenvalue weighted by atomic mass is 10.2. The van der Waals surface area contributed by atoms with Gasteiger partial charge in [-0.25, -0.2) is 4.98 Å². The van der Waals surface area contributed by atoms with Gasteiger partial charge in [0.15, 0.2) is 0 Å². The molecule has 0 saturated heterocycles. The number of nitrogens with zero attached hydrogens (tertiary/aromatic N) is 2. The Labute approximate surface area is 83.7 Å². The maximum atomic E-state index is 4.30. The number of halogens is 1. The number of rotatable bonds is 3. The molecule has 11 heavy (non-hydrogen) atoms. The van der Waals surface area contributed by atoms with E-state index < -0.39 is 0 Å². The molecule has 0 aromatic carbocycles. The average Bonchev–Trinajstić information content (AvgIpc) is 2.72. The van der Waals surface area contributed by atoms with Crippen LogP contribution in [0.25, 0.3) is 0 Å². The second-order valence-corrected chi connectivity index (χ2v) is 4.74. The molecule has 1 aliphatic carbocycles. The van der Waals surface area contributed by atoms with Crippen LogP contribution in [0.3, 0.4) is 0 Å². The minimum atomic E-state index is 0.901. The fourth-order valence-corrected chi connectivity index (χ4v) is 2.38. The van der Waals surface area contributed by atoms with Crippen LogP contribution in [-0.2, 0) is 6.42 Å². The van der Waals surface area contributed by atoms with E-state index in [9.17, 15) is 0 Å². The Morgan fingerprint density at radius 1 is 1.55 bits per heavy atom. The van der Waals surface area contributed by atoms with Crippen molar-refractivity contribution in [3.8, 4) is 0 Å². The van der Waals surface area contributed by atoms with Crippen molar-refractivity contribution in [2.24, 2.45) is 5.92 Å². The first-order chi connectivity index (χ1) is 5.34. The van der Waals surface area contributed by atoms with E-state index in [1.807, 2.05) is 0 Å². The Hall–Kier alpha value is 0.290. The van der Waals surface area contributed by atoms with Gasteiger partial charge in [-0.3, -0.25) is 0 Å². The lowest BCUT2D eigenvalue weighted by molar-refractivity contribution is 0.722. The molecule has 0 N–H and O–H groups in total. The lowest BCUT2D eigenvalue weighted by Gasteiger charge is -1.90. The molecule has 1 aromatic heterocycles. The summed E-state index contributed by atoms with van der Waals surface area (Å²) in [5, 5.41) is 1.21. The number of hydrogen-bond acceptors (Lipinski definition) is 3. The predicted octanol–water partition coefficient (Wildman–Crippen LogP) is 2.49. The average molecular weight is 280 g/mol. The van der Waals surface area contributed by atoms with E-state index in [4.69, 9.17) is 0 Å². The van der Waals surface area contributed by atoms with Gasteiger partial charge in [-0.15, -0.1) is 0 Å². The standard InChI is InChI=1S/C7H9IN2S/c8-7-9-6(11-10-7)4-3-5-1-2-5/h5H,1-4H2. The Bertz CT molecular complexity index is 244. The van der Waals surface area contributed by atoms with Gasteiger partial charge in [0.1, 0.15) is 5.01 Å². The van der Waals surface area contributed by atoms with E-state index in [1.165, 1.54) is 24.3 Å². The first kappa shape index (κ1) is 7.91.